The smallest absolute Gasteiger partial charge is 0.337 e. The molecule has 1 N–H and O–H groups in total. The Bertz CT molecular complexity index is 359. The van der Waals surface area contributed by atoms with Crippen LogP contribution < -0.4 is 5.32 Å². The van der Waals surface area contributed by atoms with E-state index < -0.39 is 0 Å². The van der Waals surface area contributed by atoms with Gasteiger partial charge in [0, 0.05) is 5.69 Å². The van der Waals surface area contributed by atoms with Crippen molar-refractivity contribution in [3.8, 4) is 0 Å². The Labute approximate surface area is 94.6 Å². The van der Waals surface area contributed by atoms with Crippen molar-refractivity contribution in [2.24, 2.45) is 0 Å². The monoisotopic (exact) mass is 221 g/mol. The van der Waals surface area contributed by atoms with Gasteiger partial charge in [-0.15, -0.1) is 0 Å². The standard InChI is InChI=1S/C12H15NO3/c1-3-10(8-14)13-11-6-4-9(5-7-11)12(15)16-2/h4-8,10,13H,3H2,1-2H3. The van der Waals surface area contributed by atoms with Gasteiger partial charge in [0.15, 0.2) is 0 Å². The molecule has 0 radical (unpaired) electrons. The quantitative estimate of drug-likeness (QED) is 0.609. The minimum atomic E-state index is -0.367. The fourth-order valence-corrected chi connectivity index (χ4v) is 1.27. The van der Waals surface area contributed by atoms with E-state index in [0.29, 0.717) is 5.56 Å². The summed E-state index contributed by atoms with van der Waals surface area (Å²) in [6, 6.07) is 6.62. The minimum Gasteiger partial charge on any atom is -0.465 e. The topological polar surface area (TPSA) is 55.4 Å². The number of carbonyl (C=O) groups excluding carboxylic acids is 2. The highest BCUT2D eigenvalue weighted by Gasteiger charge is 2.06. The fourth-order valence-electron chi connectivity index (χ4n) is 1.27. The molecule has 4 nitrogen and oxygen atoms in total. The third-order valence-corrected chi connectivity index (χ3v) is 2.26. The molecule has 1 atom stereocenters. The van der Waals surface area contributed by atoms with E-state index in [0.717, 1.165) is 18.4 Å². The maximum atomic E-state index is 11.2. The van der Waals surface area contributed by atoms with E-state index in [9.17, 15) is 9.59 Å². The third-order valence-electron chi connectivity index (χ3n) is 2.26. The third kappa shape index (κ3) is 3.08. The first kappa shape index (κ1) is 12.2. The summed E-state index contributed by atoms with van der Waals surface area (Å²) in [7, 11) is 1.34. The molecule has 0 amide bonds. The predicted molar refractivity (Wildman–Crippen MR) is 61.5 cm³/mol. The number of hydrogen-bond donors (Lipinski definition) is 1. The molecule has 1 aromatic rings. The van der Waals surface area contributed by atoms with Gasteiger partial charge in [-0.1, -0.05) is 6.92 Å². The number of ether oxygens (including phenoxy) is 1. The molecule has 4 heteroatoms. The Morgan fingerprint density at radius 2 is 2.06 bits per heavy atom. The highest BCUT2D eigenvalue weighted by Crippen LogP contribution is 2.11. The van der Waals surface area contributed by atoms with Crippen molar-refractivity contribution in [1.29, 1.82) is 0 Å². The Kier molecular flexibility index (Phi) is 4.51. The van der Waals surface area contributed by atoms with Crippen molar-refractivity contribution in [1.82, 2.24) is 0 Å². The summed E-state index contributed by atoms with van der Waals surface area (Å²) in [5, 5.41) is 3.04. The predicted octanol–water partition coefficient (Wildman–Crippen LogP) is 1.86. The molecule has 0 aliphatic rings. The van der Waals surface area contributed by atoms with Crippen molar-refractivity contribution in [3.05, 3.63) is 29.8 Å². The average molecular weight is 221 g/mol. The molecular weight excluding hydrogens is 206 g/mol. The molecular formula is C12H15NO3. The SMILES string of the molecule is CCC(C=O)Nc1ccc(C(=O)OC)cc1. The molecule has 0 fully saturated rings. The lowest BCUT2D eigenvalue weighted by atomic mass is 10.2. The highest BCUT2D eigenvalue weighted by molar-refractivity contribution is 5.89. The van der Waals surface area contributed by atoms with Crippen molar-refractivity contribution < 1.29 is 14.3 Å². The maximum Gasteiger partial charge on any atom is 0.337 e. The van der Waals surface area contributed by atoms with Crippen LogP contribution in [0.2, 0.25) is 0 Å². The van der Waals surface area contributed by atoms with Crippen molar-refractivity contribution in [3.63, 3.8) is 0 Å². The van der Waals surface area contributed by atoms with Gasteiger partial charge in [0.05, 0.1) is 18.7 Å². The number of aldehydes is 1. The van der Waals surface area contributed by atoms with Crippen LogP contribution in [0, 0.1) is 0 Å². The number of methoxy groups -OCH3 is 1. The van der Waals surface area contributed by atoms with E-state index in [4.69, 9.17) is 0 Å². The summed E-state index contributed by atoms with van der Waals surface area (Å²) in [6.45, 7) is 1.93. The molecule has 0 saturated heterocycles. The summed E-state index contributed by atoms with van der Waals surface area (Å²) in [5.41, 5.74) is 1.30. The molecule has 0 aliphatic carbocycles. The van der Waals surface area contributed by atoms with Gasteiger partial charge >= 0.3 is 5.97 Å². The summed E-state index contributed by atoms with van der Waals surface area (Å²) in [5.74, 6) is -0.367. The van der Waals surface area contributed by atoms with Gasteiger partial charge in [0.2, 0.25) is 0 Å². The molecule has 1 unspecified atom stereocenters. The molecule has 86 valence electrons. The normalized spacial score (nSPS) is 11.6. The number of carbonyl (C=O) groups is 2. The van der Waals surface area contributed by atoms with Gasteiger partial charge < -0.3 is 14.8 Å². The van der Waals surface area contributed by atoms with E-state index in [1.54, 1.807) is 24.3 Å². The fraction of sp³-hybridized carbons (Fsp3) is 0.333. The second-order valence-electron chi connectivity index (χ2n) is 3.36. The number of esters is 1. The zero-order valence-electron chi connectivity index (χ0n) is 9.40. The largest absolute Gasteiger partial charge is 0.465 e. The first-order valence-corrected chi connectivity index (χ1v) is 5.11. The van der Waals surface area contributed by atoms with Gasteiger partial charge in [-0.25, -0.2) is 4.79 Å². The van der Waals surface area contributed by atoms with Gasteiger partial charge in [-0.3, -0.25) is 0 Å². The lowest BCUT2D eigenvalue weighted by molar-refractivity contribution is -0.108. The van der Waals surface area contributed by atoms with Crippen LogP contribution in [0.4, 0.5) is 5.69 Å². The zero-order valence-corrected chi connectivity index (χ0v) is 9.40. The van der Waals surface area contributed by atoms with Crippen LogP contribution in [0.1, 0.15) is 23.7 Å². The molecule has 0 bridgehead atoms. The first-order chi connectivity index (χ1) is 7.71. The van der Waals surface area contributed by atoms with Crippen LogP contribution in [0.3, 0.4) is 0 Å². The first-order valence-electron chi connectivity index (χ1n) is 5.11. The molecule has 1 rings (SSSR count). The highest BCUT2D eigenvalue weighted by atomic mass is 16.5. The molecule has 0 spiro atoms. The van der Waals surface area contributed by atoms with Crippen molar-refractivity contribution in [2.45, 2.75) is 19.4 Å². The molecule has 16 heavy (non-hydrogen) atoms. The molecule has 1 aromatic carbocycles. The second kappa shape index (κ2) is 5.90. The molecule has 0 saturated carbocycles. The van der Waals surface area contributed by atoms with Crippen molar-refractivity contribution >= 4 is 17.9 Å². The Morgan fingerprint density at radius 1 is 1.44 bits per heavy atom. The van der Waals surface area contributed by atoms with Crippen LogP contribution in [0.5, 0.6) is 0 Å². The van der Waals surface area contributed by atoms with Crippen LogP contribution in [-0.2, 0) is 9.53 Å². The van der Waals surface area contributed by atoms with E-state index in [1.807, 2.05) is 6.92 Å². The van der Waals surface area contributed by atoms with Crippen molar-refractivity contribution in [2.75, 3.05) is 12.4 Å². The molecule has 0 aliphatic heterocycles. The van der Waals surface area contributed by atoms with Crippen LogP contribution >= 0.6 is 0 Å². The van der Waals surface area contributed by atoms with Crippen LogP contribution in [-0.4, -0.2) is 25.4 Å². The van der Waals surface area contributed by atoms with Crippen LogP contribution in [0.15, 0.2) is 24.3 Å². The van der Waals surface area contributed by atoms with Gasteiger partial charge in [-0.05, 0) is 30.7 Å². The van der Waals surface area contributed by atoms with Gasteiger partial charge in [0.1, 0.15) is 6.29 Å². The Morgan fingerprint density at radius 3 is 2.50 bits per heavy atom. The average Bonchev–Trinajstić information content (AvgIpc) is 2.35. The van der Waals surface area contributed by atoms with E-state index in [2.05, 4.69) is 10.1 Å². The maximum absolute atomic E-state index is 11.2. The zero-order chi connectivity index (χ0) is 12.0. The summed E-state index contributed by atoms with van der Waals surface area (Å²) in [6.07, 6.45) is 1.59. The Hall–Kier alpha value is -1.84. The van der Waals surface area contributed by atoms with E-state index in [-0.39, 0.29) is 12.0 Å². The number of rotatable bonds is 5. The van der Waals surface area contributed by atoms with Gasteiger partial charge in [0.25, 0.3) is 0 Å². The molecule has 0 heterocycles. The summed E-state index contributed by atoms with van der Waals surface area (Å²) >= 11 is 0. The van der Waals surface area contributed by atoms with E-state index >= 15 is 0 Å². The Balaban J connectivity index is 2.71. The van der Waals surface area contributed by atoms with Gasteiger partial charge in [-0.2, -0.15) is 0 Å². The summed E-state index contributed by atoms with van der Waals surface area (Å²) < 4.78 is 4.58. The lowest BCUT2D eigenvalue weighted by Gasteiger charge is -2.11. The van der Waals surface area contributed by atoms with Crippen LogP contribution in [0.25, 0.3) is 0 Å². The number of anilines is 1. The number of benzene rings is 1. The molecule has 0 aromatic heterocycles. The lowest BCUT2D eigenvalue weighted by Crippen LogP contribution is -2.19. The van der Waals surface area contributed by atoms with E-state index in [1.165, 1.54) is 7.11 Å². The minimum absolute atomic E-state index is 0.191. The number of hydrogen-bond acceptors (Lipinski definition) is 4. The second-order valence-corrected chi connectivity index (χ2v) is 3.36. The number of nitrogens with one attached hydrogen (secondary N) is 1. The summed E-state index contributed by atoms with van der Waals surface area (Å²) in [4.78, 5) is 21.8.